The zero-order valence-corrected chi connectivity index (χ0v) is 18.5. The topological polar surface area (TPSA) is 84.0 Å². The lowest BCUT2D eigenvalue weighted by molar-refractivity contribution is -0.00297. The van der Waals surface area contributed by atoms with Crippen molar-refractivity contribution in [3.63, 3.8) is 0 Å². The average molecular weight is 450 g/mol. The summed E-state index contributed by atoms with van der Waals surface area (Å²) in [6, 6.07) is 8.60. The lowest BCUT2D eigenvalue weighted by atomic mass is 10.1. The van der Waals surface area contributed by atoms with E-state index in [2.05, 4.69) is 35.9 Å². The maximum absolute atomic E-state index is 9.51. The Balaban J connectivity index is 1.23. The summed E-state index contributed by atoms with van der Waals surface area (Å²) >= 11 is 6.50. The van der Waals surface area contributed by atoms with Crippen molar-refractivity contribution in [2.24, 2.45) is 0 Å². The average Bonchev–Trinajstić information content (AvgIpc) is 3.47. The number of nitrogens with zero attached hydrogens (tertiary/aromatic N) is 6. The van der Waals surface area contributed by atoms with Crippen LogP contribution in [-0.2, 0) is 6.54 Å². The summed E-state index contributed by atoms with van der Waals surface area (Å²) in [7, 11) is 0. The molecule has 32 heavy (non-hydrogen) atoms. The van der Waals surface area contributed by atoms with Crippen molar-refractivity contribution in [2.45, 2.75) is 38.5 Å². The van der Waals surface area contributed by atoms with Gasteiger partial charge in [0.2, 0.25) is 5.95 Å². The summed E-state index contributed by atoms with van der Waals surface area (Å²) in [5.74, 6) is 1.19. The van der Waals surface area contributed by atoms with Gasteiger partial charge in [-0.15, -0.1) is 0 Å². The predicted octanol–water partition coefficient (Wildman–Crippen LogP) is 3.83. The fourth-order valence-electron chi connectivity index (χ4n) is 4.29. The van der Waals surface area contributed by atoms with Crippen LogP contribution in [0.4, 0.5) is 11.6 Å². The van der Waals surface area contributed by atoms with Crippen LogP contribution in [0.15, 0.2) is 42.9 Å². The van der Waals surface area contributed by atoms with Crippen LogP contribution >= 0.6 is 11.6 Å². The summed E-state index contributed by atoms with van der Waals surface area (Å²) in [5, 5.41) is 19.2. The minimum Gasteiger partial charge on any atom is -0.390 e. The summed E-state index contributed by atoms with van der Waals surface area (Å²) in [4.78, 5) is 11.2. The number of hydrogen-bond acceptors (Lipinski definition) is 6. The van der Waals surface area contributed by atoms with E-state index in [9.17, 15) is 5.11 Å². The number of aliphatic hydroxyl groups is 1. The first-order valence-corrected chi connectivity index (χ1v) is 11.3. The van der Waals surface area contributed by atoms with Gasteiger partial charge in [0.25, 0.3) is 0 Å². The maximum atomic E-state index is 9.51. The first-order chi connectivity index (χ1) is 15.5. The van der Waals surface area contributed by atoms with Crippen LogP contribution in [0.3, 0.4) is 0 Å². The number of nitrogens with one attached hydrogen (secondary N) is 1. The first-order valence-electron chi connectivity index (χ1n) is 10.9. The summed E-state index contributed by atoms with van der Waals surface area (Å²) in [6.45, 7) is 4.20. The Morgan fingerprint density at radius 2 is 2.03 bits per heavy atom. The molecule has 2 N–H and O–H groups in total. The summed E-state index contributed by atoms with van der Waals surface area (Å²) in [6.07, 6.45) is 7.98. The molecule has 1 aromatic carbocycles. The van der Waals surface area contributed by atoms with Crippen molar-refractivity contribution >= 4 is 34.1 Å². The third-order valence-corrected chi connectivity index (χ3v) is 6.49. The standard InChI is InChI=1S/C23H24ClN7O/c1-14-15(9-29-11-18(32)12-29)10-31(28-14)22-6-7-25-23(27-22)26-16-2-5-21-19(8-16)20(24)13-30(21)17-3-4-17/h2,5-8,10,13,17-18,32H,3-4,9,11-12H2,1H3,(H,25,26,27). The van der Waals surface area contributed by atoms with Crippen LogP contribution in [0.2, 0.25) is 5.02 Å². The van der Waals surface area contributed by atoms with Gasteiger partial charge in [-0.25, -0.2) is 9.67 Å². The Labute approximate surface area is 190 Å². The van der Waals surface area contributed by atoms with Crippen LogP contribution in [0.1, 0.15) is 30.1 Å². The molecule has 1 saturated heterocycles. The fraction of sp³-hybridized carbons (Fsp3) is 0.348. The van der Waals surface area contributed by atoms with Crippen molar-refractivity contribution < 1.29 is 5.11 Å². The highest BCUT2D eigenvalue weighted by atomic mass is 35.5. The molecule has 2 fully saturated rings. The van der Waals surface area contributed by atoms with Gasteiger partial charge in [-0.3, -0.25) is 4.90 Å². The van der Waals surface area contributed by atoms with Gasteiger partial charge in [-0.1, -0.05) is 11.6 Å². The summed E-state index contributed by atoms with van der Waals surface area (Å²) < 4.78 is 4.06. The second-order valence-corrected chi connectivity index (χ2v) is 9.15. The van der Waals surface area contributed by atoms with E-state index < -0.39 is 0 Å². The Bertz CT molecular complexity index is 1300. The van der Waals surface area contributed by atoms with E-state index in [1.54, 1.807) is 10.9 Å². The van der Waals surface area contributed by atoms with E-state index in [4.69, 9.17) is 11.6 Å². The Morgan fingerprint density at radius 3 is 2.81 bits per heavy atom. The number of aromatic nitrogens is 5. The Hall–Kier alpha value is -2.94. The molecule has 9 heteroatoms. The quantitative estimate of drug-likeness (QED) is 0.465. The van der Waals surface area contributed by atoms with Crippen molar-refractivity contribution in [3.05, 3.63) is 59.1 Å². The number of halogens is 1. The van der Waals surface area contributed by atoms with Crippen LogP contribution in [0.5, 0.6) is 0 Å². The zero-order chi connectivity index (χ0) is 21.8. The van der Waals surface area contributed by atoms with Crippen LogP contribution < -0.4 is 5.32 Å². The number of aliphatic hydroxyl groups excluding tert-OH is 1. The lowest BCUT2D eigenvalue weighted by Gasteiger charge is -2.35. The number of hydrogen-bond donors (Lipinski definition) is 2. The molecule has 164 valence electrons. The molecule has 8 nitrogen and oxygen atoms in total. The fourth-order valence-corrected chi connectivity index (χ4v) is 4.55. The normalized spacial score (nSPS) is 17.1. The van der Waals surface area contributed by atoms with Gasteiger partial charge in [0, 0.05) is 72.5 Å². The third-order valence-electron chi connectivity index (χ3n) is 6.19. The van der Waals surface area contributed by atoms with Gasteiger partial charge in [0.15, 0.2) is 5.82 Å². The molecule has 0 bridgehead atoms. The minimum absolute atomic E-state index is 0.206. The first kappa shape index (κ1) is 19.7. The van der Waals surface area contributed by atoms with E-state index >= 15 is 0 Å². The monoisotopic (exact) mass is 449 g/mol. The molecule has 3 aromatic heterocycles. The molecule has 4 aromatic rings. The van der Waals surface area contributed by atoms with Gasteiger partial charge in [0.05, 0.1) is 16.8 Å². The van der Waals surface area contributed by atoms with E-state index in [0.717, 1.165) is 39.4 Å². The molecule has 0 amide bonds. The molecule has 1 aliphatic carbocycles. The van der Waals surface area contributed by atoms with E-state index in [1.807, 2.05) is 37.5 Å². The highest BCUT2D eigenvalue weighted by molar-refractivity contribution is 6.35. The highest BCUT2D eigenvalue weighted by Gasteiger charge is 2.26. The number of likely N-dealkylation sites (tertiary alicyclic amines) is 1. The smallest absolute Gasteiger partial charge is 0.229 e. The molecule has 0 unspecified atom stereocenters. The molecule has 6 rings (SSSR count). The number of β-amino-alcohol motifs (C(OH)–C–C–N with tert-alkyl or cyclic N) is 1. The molecular weight excluding hydrogens is 426 g/mol. The van der Waals surface area contributed by atoms with Crippen molar-refractivity contribution in [3.8, 4) is 5.82 Å². The van der Waals surface area contributed by atoms with Crippen LogP contribution in [-0.4, -0.2) is 53.5 Å². The highest BCUT2D eigenvalue weighted by Crippen LogP contribution is 2.40. The lowest BCUT2D eigenvalue weighted by Crippen LogP contribution is -2.49. The van der Waals surface area contributed by atoms with E-state index in [0.29, 0.717) is 30.9 Å². The van der Waals surface area contributed by atoms with Gasteiger partial charge < -0.3 is 15.0 Å². The van der Waals surface area contributed by atoms with Crippen molar-refractivity contribution in [1.82, 2.24) is 29.2 Å². The van der Waals surface area contributed by atoms with Crippen LogP contribution in [0, 0.1) is 6.92 Å². The molecule has 0 radical (unpaired) electrons. The van der Waals surface area contributed by atoms with Crippen molar-refractivity contribution in [2.75, 3.05) is 18.4 Å². The SMILES string of the molecule is Cc1nn(-c2ccnc(Nc3ccc4c(c3)c(Cl)cn4C3CC3)n2)cc1CN1CC(O)C1. The largest absolute Gasteiger partial charge is 0.390 e. The van der Waals surface area contributed by atoms with Crippen LogP contribution in [0.25, 0.3) is 16.7 Å². The number of aryl methyl sites for hydroxylation is 1. The third kappa shape index (κ3) is 3.64. The molecule has 4 heterocycles. The van der Waals surface area contributed by atoms with Gasteiger partial charge in [-0.2, -0.15) is 10.1 Å². The molecular formula is C23H24ClN7O. The predicted molar refractivity (Wildman–Crippen MR) is 124 cm³/mol. The van der Waals surface area contributed by atoms with Gasteiger partial charge in [-0.05, 0) is 38.0 Å². The second kappa shape index (κ2) is 7.58. The number of rotatable bonds is 6. The minimum atomic E-state index is -0.206. The number of anilines is 2. The number of fused-ring (bicyclic) bond motifs is 1. The maximum Gasteiger partial charge on any atom is 0.229 e. The molecule has 2 aliphatic rings. The zero-order valence-electron chi connectivity index (χ0n) is 17.7. The molecule has 0 spiro atoms. The van der Waals surface area contributed by atoms with Crippen molar-refractivity contribution in [1.29, 1.82) is 0 Å². The Morgan fingerprint density at radius 1 is 1.19 bits per heavy atom. The summed E-state index contributed by atoms with van der Waals surface area (Å²) in [5.41, 5.74) is 4.14. The number of benzene rings is 1. The molecule has 1 saturated carbocycles. The van der Waals surface area contributed by atoms with Gasteiger partial charge >= 0.3 is 0 Å². The molecule has 1 aliphatic heterocycles. The van der Waals surface area contributed by atoms with E-state index in [1.165, 1.54) is 12.8 Å². The Kier molecular flexibility index (Phi) is 4.67. The van der Waals surface area contributed by atoms with Gasteiger partial charge in [0.1, 0.15) is 0 Å². The van der Waals surface area contributed by atoms with E-state index in [-0.39, 0.29) is 6.10 Å². The second-order valence-electron chi connectivity index (χ2n) is 8.74. The molecule has 0 atom stereocenters.